The molecule has 0 saturated carbocycles. The molecule has 1 aliphatic rings. The largest absolute Gasteiger partial charge is 0.293 e. The second-order valence-electron chi connectivity index (χ2n) is 3.29. The van der Waals surface area contributed by atoms with E-state index < -0.39 is 0 Å². The predicted octanol–water partition coefficient (Wildman–Crippen LogP) is 1.98. The van der Waals surface area contributed by atoms with Gasteiger partial charge < -0.3 is 0 Å². The van der Waals surface area contributed by atoms with Crippen molar-refractivity contribution in [1.82, 2.24) is 10.2 Å². The van der Waals surface area contributed by atoms with Crippen LogP contribution < -0.4 is 4.90 Å². The smallest absolute Gasteiger partial charge is 0.229 e. The van der Waals surface area contributed by atoms with E-state index in [2.05, 4.69) is 42.1 Å². The molecule has 0 spiro atoms. The van der Waals surface area contributed by atoms with Crippen molar-refractivity contribution in [3.05, 3.63) is 10.2 Å². The Morgan fingerprint density at radius 1 is 1.64 bits per heavy atom. The average molecular weight is 323 g/mol. The van der Waals surface area contributed by atoms with Crippen LogP contribution >= 0.6 is 31.9 Å². The third-order valence-electron chi connectivity index (χ3n) is 2.19. The number of aromatic amines is 1. The first kappa shape index (κ1) is 10.2. The van der Waals surface area contributed by atoms with E-state index in [1.54, 1.807) is 4.90 Å². The minimum atomic E-state index is 0.110. The Kier molecular flexibility index (Phi) is 2.66. The molecular weight excluding hydrogens is 314 g/mol. The first-order valence-electron chi connectivity index (χ1n) is 4.24. The lowest BCUT2D eigenvalue weighted by atomic mass is 10.4. The lowest BCUT2D eigenvalue weighted by Gasteiger charge is -2.12. The van der Waals surface area contributed by atoms with Gasteiger partial charge in [0, 0.05) is 23.5 Å². The Morgan fingerprint density at radius 2 is 2.36 bits per heavy atom. The first-order valence-corrected chi connectivity index (χ1v) is 5.95. The SMILES string of the molecule is Cc1[nH]nc(N2CC(Br)CC2=O)c1Br. The number of aromatic nitrogens is 2. The third-order valence-corrected chi connectivity index (χ3v) is 3.75. The van der Waals surface area contributed by atoms with Gasteiger partial charge >= 0.3 is 0 Å². The van der Waals surface area contributed by atoms with Crippen LogP contribution in [0.15, 0.2) is 4.47 Å². The van der Waals surface area contributed by atoms with Crippen molar-refractivity contribution in [2.45, 2.75) is 18.2 Å². The van der Waals surface area contributed by atoms with E-state index in [1.807, 2.05) is 6.92 Å². The number of rotatable bonds is 1. The van der Waals surface area contributed by atoms with Crippen molar-refractivity contribution in [3.63, 3.8) is 0 Å². The number of aryl methyl sites for hydroxylation is 1. The monoisotopic (exact) mass is 321 g/mol. The minimum Gasteiger partial charge on any atom is -0.293 e. The molecular formula is C8H9Br2N3O. The third kappa shape index (κ3) is 1.61. The number of alkyl halides is 1. The summed E-state index contributed by atoms with van der Waals surface area (Å²) >= 11 is 6.84. The van der Waals surface area contributed by atoms with E-state index in [9.17, 15) is 4.79 Å². The van der Waals surface area contributed by atoms with Gasteiger partial charge in [-0.2, -0.15) is 5.10 Å². The molecule has 1 fully saturated rings. The lowest BCUT2D eigenvalue weighted by Crippen LogP contribution is -2.25. The Balaban J connectivity index is 2.32. The summed E-state index contributed by atoms with van der Waals surface area (Å²) in [4.78, 5) is 13.5. The zero-order valence-electron chi connectivity index (χ0n) is 7.55. The van der Waals surface area contributed by atoms with Gasteiger partial charge in [-0.05, 0) is 22.9 Å². The molecule has 0 aromatic carbocycles. The van der Waals surface area contributed by atoms with Crippen LogP contribution in [0.25, 0.3) is 0 Å². The van der Waals surface area contributed by atoms with Gasteiger partial charge in [0.05, 0.1) is 4.47 Å². The average Bonchev–Trinajstić information content (AvgIpc) is 2.59. The van der Waals surface area contributed by atoms with Crippen LogP contribution in [0.4, 0.5) is 5.82 Å². The molecule has 1 aromatic rings. The van der Waals surface area contributed by atoms with Gasteiger partial charge in [-0.1, -0.05) is 15.9 Å². The molecule has 1 saturated heterocycles. The molecule has 2 rings (SSSR count). The molecule has 1 atom stereocenters. The molecule has 14 heavy (non-hydrogen) atoms. The fourth-order valence-electron chi connectivity index (χ4n) is 1.45. The quantitative estimate of drug-likeness (QED) is 0.804. The van der Waals surface area contributed by atoms with Crippen molar-refractivity contribution >= 4 is 43.6 Å². The zero-order chi connectivity index (χ0) is 10.3. The topological polar surface area (TPSA) is 49.0 Å². The van der Waals surface area contributed by atoms with Crippen LogP contribution in [0.1, 0.15) is 12.1 Å². The molecule has 1 unspecified atom stereocenters. The second-order valence-corrected chi connectivity index (χ2v) is 5.38. The zero-order valence-corrected chi connectivity index (χ0v) is 10.7. The summed E-state index contributed by atoms with van der Waals surface area (Å²) in [6.07, 6.45) is 0.540. The fourth-order valence-corrected chi connectivity index (χ4v) is 2.41. The van der Waals surface area contributed by atoms with E-state index in [4.69, 9.17) is 0 Å². The molecule has 0 radical (unpaired) electrons. The van der Waals surface area contributed by atoms with Gasteiger partial charge in [0.15, 0.2) is 5.82 Å². The molecule has 1 aliphatic heterocycles. The molecule has 76 valence electrons. The maximum atomic E-state index is 11.6. The predicted molar refractivity (Wildman–Crippen MR) is 60.7 cm³/mol. The molecule has 0 aliphatic carbocycles. The molecule has 0 bridgehead atoms. The van der Waals surface area contributed by atoms with Crippen LogP contribution in [-0.2, 0) is 4.79 Å². The molecule has 1 N–H and O–H groups in total. The van der Waals surface area contributed by atoms with Crippen LogP contribution in [0, 0.1) is 6.92 Å². The van der Waals surface area contributed by atoms with Crippen molar-refractivity contribution in [1.29, 1.82) is 0 Å². The highest BCUT2D eigenvalue weighted by Gasteiger charge is 2.31. The first-order chi connectivity index (χ1) is 6.59. The number of nitrogens with zero attached hydrogens (tertiary/aromatic N) is 2. The van der Waals surface area contributed by atoms with Crippen LogP contribution in [-0.4, -0.2) is 27.5 Å². The van der Waals surface area contributed by atoms with E-state index in [0.29, 0.717) is 18.8 Å². The van der Waals surface area contributed by atoms with E-state index in [0.717, 1.165) is 10.2 Å². The molecule has 4 nitrogen and oxygen atoms in total. The van der Waals surface area contributed by atoms with Crippen LogP contribution in [0.3, 0.4) is 0 Å². The maximum absolute atomic E-state index is 11.6. The van der Waals surface area contributed by atoms with Gasteiger partial charge in [-0.15, -0.1) is 0 Å². The number of amides is 1. The number of carbonyl (C=O) groups is 1. The van der Waals surface area contributed by atoms with Gasteiger partial charge in [0.1, 0.15) is 0 Å². The summed E-state index contributed by atoms with van der Waals surface area (Å²) < 4.78 is 0.868. The summed E-state index contributed by atoms with van der Waals surface area (Å²) in [5, 5.41) is 6.94. The van der Waals surface area contributed by atoms with E-state index in [1.165, 1.54) is 0 Å². The number of halogens is 2. The highest BCUT2D eigenvalue weighted by molar-refractivity contribution is 9.10. The molecule has 2 heterocycles. The summed E-state index contributed by atoms with van der Waals surface area (Å²) in [6.45, 7) is 2.59. The summed E-state index contributed by atoms with van der Waals surface area (Å²) in [6, 6.07) is 0. The van der Waals surface area contributed by atoms with Gasteiger partial charge in [0.2, 0.25) is 5.91 Å². The normalized spacial score (nSPS) is 22.1. The van der Waals surface area contributed by atoms with E-state index >= 15 is 0 Å². The lowest BCUT2D eigenvalue weighted by molar-refractivity contribution is -0.117. The van der Waals surface area contributed by atoms with Crippen LogP contribution in [0.2, 0.25) is 0 Å². The number of H-pyrrole nitrogens is 1. The van der Waals surface area contributed by atoms with Gasteiger partial charge in [0.25, 0.3) is 0 Å². The standard InChI is InChI=1S/C8H9Br2N3O/c1-4-7(10)8(12-11-4)13-3-5(9)2-6(13)14/h5H,2-3H2,1H3,(H,11,12). The summed E-state index contributed by atoms with van der Waals surface area (Å²) in [5.74, 6) is 0.800. The Hall–Kier alpha value is -0.360. The van der Waals surface area contributed by atoms with Crippen molar-refractivity contribution in [3.8, 4) is 0 Å². The number of nitrogens with one attached hydrogen (secondary N) is 1. The minimum absolute atomic E-state index is 0.110. The number of hydrogen-bond acceptors (Lipinski definition) is 2. The molecule has 6 heteroatoms. The highest BCUT2D eigenvalue weighted by Crippen LogP contribution is 2.31. The van der Waals surface area contributed by atoms with Gasteiger partial charge in [-0.3, -0.25) is 14.8 Å². The fraction of sp³-hybridized carbons (Fsp3) is 0.500. The highest BCUT2D eigenvalue weighted by atomic mass is 79.9. The van der Waals surface area contributed by atoms with E-state index in [-0.39, 0.29) is 10.7 Å². The van der Waals surface area contributed by atoms with Crippen molar-refractivity contribution in [2.24, 2.45) is 0 Å². The Bertz CT molecular complexity index is 377. The van der Waals surface area contributed by atoms with Crippen molar-refractivity contribution in [2.75, 3.05) is 11.4 Å². The Labute approximate surface area is 98.3 Å². The second kappa shape index (κ2) is 3.66. The number of carbonyl (C=O) groups excluding carboxylic acids is 1. The van der Waals surface area contributed by atoms with Gasteiger partial charge in [-0.25, -0.2) is 0 Å². The summed E-state index contributed by atoms with van der Waals surface area (Å²) in [5.41, 5.74) is 0.936. The number of hydrogen-bond donors (Lipinski definition) is 1. The van der Waals surface area contributed by atoms with Crippen molar-refractivity contribution < 1.29 is 4.79 Å². The number of anilines is 1. The maximum Gasteiger partial charge on any atom is 0.229 e. The summed E-state index contributed by atoms with van der Waals surface area (Å²) in [7, 11) is 0. The molecule has 1 aromatic heterocycles. The molecule has 1 amide bonds. The Morgan fingerprint density at radius 3 is 2.79 bits per heavy atom. The van der Waals surface area contributed by atoms with Crippen LogP contribution in [0.5, 0.6) is 0 Å².